The number of sulfonamides is 1. The third kappa shape index (κ3) is 7.86. The number of nitrogens with zero attached hydrogens (tertiary/aromatic N) is 2. The summed E-state index contributed by atoms with van der Waals surface area (Å²) in [7, 11) is -4.14. The van der Waals surface area contributed by atoms with Crippen molar-refractivity contribution in [2.75, 3.05) is 17.4 Å². The van der Waals surface area contributed by atoms with E-state index in [1.807, 2.05) is 52.0 Å². The molecule has 0 aliphatic rings. The highest BCUT2D eigenvalue weighted by molar-refractivity contribution is 7.92. The van der Waals surface area contributed by atoms with Crippen LogP contribution < -0.4 is 9.62 Å². The highest BCUT2D eigenvalue weighted by Crippen LogP contribution is 2.28. The molecule has 0 saturated carbocycles. The monoisotopic (exact) mass is 583 g/mol. The first kappa shape index (κ1) is 31.2. The molecule has 2 amide bonds. The van der Waals surface area contributed by atoms with Crippen molar-refractivity contribution >= 4 is 39.1 Å². The van der Waals surface area contributed by atoms with Crippen molar-refractivity contribution in [1.82, 2.24) is 10.2 Å². The van der Waals surface area contributed by atoms with Crippen LogP contribution in [0.25, 0.3) is 0 Å². The number of halogens is 1. The largest absolute Gasteiger partial charge is 0.354 e. The van der Waals surface area contributed by atoms with Crippen LogP contribution in [-0.2, 0) is 26.2 Å². The van der Waals surface area contributed by atoms with Crippen molar-refractivity contribution in [3.8, 4) is 0 Å². The first-order valence-electron chi connectivity index (χ1n) is 13.5. The number of aryl methyl sites for hydroxylation is 2. The van der Waals surface area contributed by atoms with E-state index in [0.717, 1.165) is 33.8 Å². The number of anilines is 1. The van der Waals surface area contributed by atoms with E-state index >= 15 is 0 Å². The fourth-order valence-corrected chi connectivity index (χ4v) is 6.02. The average molecular weight is 584 g/mol. The van der Waals surface area contributed by atoms with E-state index in [-0.39, 0.29) is 23.0 Å². The fourth-order valence-electron chi connectivity index (χ4n) is 4.42. The number of hydrogen-bond donors (Lipinski definition) is 1. The summed E-state index contributed by atoms with van der Waals surface area (Å²) in [6.45, 7) is 7.83. The lowest BCUT2D eigenvalue weighted by Gasteiger charge is -2.33. The Kier molecular flexibility index (Phi) is 11.2. The van der Waals surface area contributed by atoms with E-state index in [4.69, 9.17) is 11.6 Å². The summed E-state index contributed by atoms with van der Waals surface area (Å²) < 4.78 is 28.8. The van der Waals surface area contributed by atoms with E-state index in [1.165, 1.54) is 17.0 Å². The first-order valence-corrected chi connectivity index (χ1v) is 15.4. The Hall–Kier alpha value is -3.36. The minimum Gasteiger partial charge on any atom is -0.354 e. The zero-order valence-electron chi connectivity index (χ0n) is 23.6. The predicted octanol–water partition coefficient (Wildman–Crippen LogP) is 5.88. The van der Waals surface area contributed by atoms with Gasteiger partial charge in [-0.05, 0) is 62.1 Å². The molecule has 3 aromatic carbocycles. The maximum absolute atomic E-state index is 14.1. The Balaban J connectivity index is 2.05. The number of benzene rings is 3. The number of carbonyl (C=O) groups excluding carboxylic acids is 2. The third-order valence-corrected chi connectivity index (χ3v) is 8.90. The van der Waals surface area contributed by atoms with Crippen LogP contribution in [0.3, 0.4) is 0 Å². The Labute approximate surface area is 243 Å². The van der Waals surface area contributed by atoms with Crippen LogP contribution in [-0.4, -0.2) is 44.3 Å². The molecule has 1 atom stereocenters. The van der Waals surface area contributed by atoms with Crippen molar-refractivity contribution in [3.05, 3.63) is 94.5 Å². The summed E-state index contributed by atoms with van der Waals surface area (Å²) in [6.07, 6.45) is 2.12. The Bertz CT molecular complexity index is 1410. The predicted molar refractivity (Wildman–Crippen MR) is 161 cm³/mol. The van der Waals surface area contributed by atoms with Gasteiger partial charge < -0.3 is 10.2 Å². The van der Waals surface area contributed by atoms with Gasteiger partial charge in [0, 0.05) is 18.1 Å². The van der Waals surface area contributed by atoms with E-state index in [0.29, 0.717) is 18.0 Å². The highest BCUT2D eigenvalue weighted by Gasteiger charge is 2.33. The molecule has 0 aromatic heterocycles. The van der Waals surface area contributed by atoms with Crippen LogP contribution in [0.4, 0.5) is 5.69 Å². The molecule has 1 unspecified atom stereocenters. The van der Waals surface area contributed by atoms with Gasteiger partial charge in [-0.1, -0.05) is 86.0 Å². The van der Waals surface area contributed by atoms with Gasteiger partial charge in [-0.25, -0.2) is 8.42 Å². The zero-order chi connectivity index (χ0) is 29.3. The van der Waals surface area contributed by atoms with Crippen molar-refractivity contribution in [1.29, 1.82) is 0 Å². The summed E-state index contributed by atoms with van der Waals surface area (Å²) in [5.41, 5.74) is 2.92. The van der Waals surface area contributed by atoms with Crippen LogP contribution >= 0.6 is 11.6 Å². The molecule has 0 fully saturated rings. The first-order chi connectivity index (χ1) is 19.1. The van der Waals surface area contributed by atoms with Gasteiger partial charge in [0.25, 0.3) is 10.0 Å². The maximum atomic E-state index is 14.1. The smallest absolute Gasteiger partial charge is 0.264 e. The lowest BCUT2D eigenvalue weighted by atomic mass is 10.1. The van der Waals surface area contributed by atoms with Crippen LogP contribution in [0, 0.1) is 13.8 Å². The number of nitrogens with one attached hydrogen (secondary N) is 1. The topological polar surface area (TPSA) is 86.8 Å². The van der Waals surface area contributed by atoms with Crippen LogP contribution in [0.1, 0.15) is 49.8 Å². The third-order valence-electron chi connectivity index (χ3n) is 6.70. The van der Waals surface area contributed by atoms with Crippen molar-refractivity contribution in [3.63, 3.8) is 0 Å². The number of amides is 2. The molecule has 0 saturated heterocycles. The SMILES string of the molecule is CCCCNC(=O)C(CC)N(Cc1cccc(C)c1)C(=O)CN(c1ccc(C)c(Cl)c1)S(=O)(=O)c1ccccc1. The lowest BCUT2D eigenvalue weighted by molar-refractivity contribution is -0.140. The zero-order valence-corrected chi connectivity index (χ0v) is 25.1. The summed E-state index contributed by atoms with van der Waals surface area (Å²) >= 11 is 6.38. The van der Waals surface area contributed by atoms with Gasteiger partial charge in [0.05, 0.1) is 10.6 Å². The summed E-state index contributed by atoms with van der Waals surface area (Å²) in [6, 6.07) is 19.8. The molecule has 9 heteroatoms. The molecule has 214 valence electrons. The van der Waals surface area contributed by atoms with E-state index in [2.05, 4.69) is 5.32 Å². The van der Waals surface area contributed by atoms with Gasteiger partial charge in [0.15, 0.2) is 0 Å². The van der Waals surface area contributed by atoms with Gasteiger partial charge >= 0.3 is 0 Å². The molecular formula is C31H38ClN3O4S. The van der Waals surface area contributed by atoms with Gasteiger partial charge in [-0.15, -0.1) is 0 Å². The van der Waals surface area contributed by atoms with Crippen LogP contribution in [0.2, 0.25) is 5.02 Å². The molecule has 3 rings (SSSR count). The van der Waals surface area contributed by atoms with E-state index < -0.39 is 28.5 Å². The Morgan fingerprint density at radius 1 is 0.950 bits per heavy atom. The average Bonchev–Trinajstić information content (AvgIpc) is 2.93. The van der Waals surface area contributed by atoms with Crippen molar-refractivity contribution < 1.29 is 18.0 Å². The molecule has 3 aromatic rings. The minimum absolute atomic E-state index is 0.0501. The highest BCUT2D eigenvalue weighted by atomic mass is 35.5. The Morgan fingerprint density at radius 3 is 2.30 bits per heavy atom. The quantitative estimate of drug-likeness (QED) is 0.255. The normalized spacial score (nSPS) is 12.0. The van der Waals surface area contributed by atoms with Crippen molar-refractivity contribution in [2.45, 2.75) is 64.4 Å². The van der Waals surface area contributed by atoms with Crippen molar-refractivity contribution in [2.24, 2.45) is 0 Å². The van der Waals surface area contributed by atoms with Crippen LogP contribution in [0.5, 0.6) is 0 Å². The van der Waals surface area contributed by atoms with Gasteiger partial charge in [0.1, 0.15) is 12.6 Å². The molecule has 0 aliphatic heterocycles. The standard InChI is InChI=1S/C31H38ClN3O4S/c1-5-7-18-33-31(37)29(6-2)34(21-25-13-11-12-23(3)19-25)30(36)22-35(26-17-16-24(4)28(32)20-26)40(38,39)27-14-9-8-10-15-27/h8-17,19-20,29H,5-7,18,21-22H2,1-4H3,(H,33,37). The summed E-state index contributed by atoms with van der Waals surface area (Å²) in [5, 5.41) is 3.33. The molecule has 0 bridgehead atoms. The molecular weight excluding hydrogens is 546 g/mol. The van der Waals surface area contributed by atoms with Gasteiger partial charge in [0.2, 0.25) is 11.8 Å². The molecule has 0 heterocycles. The Morgan fingerprint density at radius 2 is 1.68 bits per heavy atom. The summed E-state index contributed by atoms with van der Waals surface area (Å²) in [4.78, 5) is 28.9. The number of hydrogen-bond acceptors (Lipinski definition) is 4. The molecule has 0 aliphatic carbocycles. The molecule has 40 heavy (non-hydrogen) atoms. The van der Waals surface area contributed by atoms with Gasteiger partial charge in [-0.2, -0.15) is 0 Å². The molecule has 1 N–H and O–H groups in total. The summed E-state index contributed by atoms with van der Waals surface area (Å²) in [5.74, 6) is -0.747. The van der Waals surface area contributed by atoms with E-state index in [9.17, 15) is 18.0 Å². The molecule has 0 radical (unpaired) electrons. The second kappa shape index (κ2) is 14.3. The second-order valence-corrected chi connectivity index (χ2v) is 12.1. The minimum atomic E-state index is -4.14. The second-order valence-electron chi connectivity index (χ2n) is 9.84. The van der Waals surface area contributed by atoms with Crippen LogP contribution in [0.15, 0.2) is 77.7 Å². The fraction of sp³-hybridized carbons (Fsp3) is 0.355. The molecule has 7 nitrogen and oxygen atoms in total. The van der Waals surface area contributed by atoms with E-state index in [1.54, 1.807) is 36.4 Å². The number of unbranched alkanes of at least 4 members (excludes halogenated alkanes) is 1. The molecule has 0 spiro atoms. The number of carbonyl (C=O) groups is 2. The maximum Gasteiger partial charge on any atom is 0.264 e. The lowest BCUT2D eigenvalue weighted by Crippen LogP contribution is -2.52. The van der Waals surface area contributed by atoms with Gasteiger partial charge in [-0.3, -0.25) is 13.9 Å². The number of rotatable bonds is 13.